The van der Waals surface area contributed by atoms with Gasteiger partial charge in [-0.1, -0.05) is 105 Å². The average molecular weight is 1280 g/mol. The fraction of sp³-hybridized carbons (Fsp3) is 0.324. The smallest absolute Gasteiger partial charge is 0.181 e. The summed E-state index contributed by atoms with van der Waals surface area (Å²) in [6.45, 7) is 10.7. The number of nitrogens with zero attached hydrogens (tertiary/aromatic N) is 17. The zero-order valence-electron chi connectivity index (χ0n) is 53.3. The lowest BCUT2D eigenvalue weighted by molar-refractivity contribution is 0.0936. The molecule has 93 heavy (non-hydrogen) atoms. The summed E-state index contributed by atoms with van der Waals surface area (Å²) >= 11 is 2.93. The number of carbonyl (C=O) groups excluding carboxylic acids is 3. The first-order valence-corrected chi connectivity index (χ1v) is 33.3. The van der Waals surface area contributed by atoms with Crippen molar-refractivity contribution in [2.45, 2.75) is 111 Å². The van der Waals surface area contributed by atoms with Crippen molar-refractivity contribution in [3.8, 4) is 66.2 Å². The zero-order chi connectivity index (χ0) is 64.3. The second-order valence-corrected chi connectivity index (χ2v) is 26.8. The highest BCUT2D eigenvalue weighted by molar-refractivity contribution is 7.15. The second-order valence-electron chi connectivity index (χ2n) is 24.8. The Balaban J connectivity index is 0.000000127. The van der Waals surface area contributed by atoms with Crippen molar-refractivity contribution >= 4 is 40.2 Å². The molecule has 0 saturated carbocycles. The standard InChI is InChI=1S/C24H26N6OS.C24H24N6O.C23H23N5OS/c1-15(2)23-27-24(32-28-23)18-13-25-29(3)22(18)20(31)11-16-9-10-30-14-19(26-21(30)12-16)17-7-5-4-6-8-17;1-16-12-25-14-20(27-16)19-13-26-29(2)24(19)22(31)10-17-8-9-30-15-21(28-23(30)11-17)18-6-4-3-5-7-18;1-15-12-24-23(30-15)18-13-25-27(2)22(18)20(29)10-16-8-9-28-14-19(26-21(28)11-16)17-6-4-3-5-7-17/h4-8,13-16H,9-12H2,1-3H3;3-7,12-15,17H,8-11H2,1-2H3;3-7,12-14,16H,8-11H2,1-2H3. The second kappa shape index (κ2) is 27.2. The predicted octanol–water partition coefficient (Wildman–Crippen LogP) is 13.2. The lowest BCUT2D eigenvalue weighted by Gasteiger charge is -2.22. The van der Waals surface area contributed by atoms with Gasteiger partial charge in [0, 0.05) is 138 Å². The van der Waals surface area contributed by atoms with Crippen LogP contribution in [0, 0.1) is 31.6 Å². The van der Waals surface area contributed by atoms with Crippen molar-refractivity contribution in [1.29, 1.82) is 0 Å². The molecule has 0 spiro atoms. The minimum absolute atomic E-state index is 0.0894. The Kier molecular flexibility index (Phi) is 18.1. The van der Waals surface area contributed by atoms with Gasteiger partial charge >= 0.3 is 0 Å². The Morgan fingerprint density at radius 2 is 0.892 bits per heavy atom. The summed E-state index contributed by atoms with van der Waals surface area (Å²) in [5.74, 6) is 5.38. The summed E-state index contributed by atoms with van der Waals surface area (Å²) in [6.07, 6.45) is 23.6. The topological polar surface area (TPSA) is 223 Å². The van der Waals surface area contributed by atoms with E-state index in [4.69, 9.17) is 15.0 Å². The molecule has 0 bridgehead atoms. The monoisotopic (exact) mass is 1280 g/mol. The largest absolute Gasteiger partial charge is 0.334 e. The summed E-state index contributed by atoms with van der Waals surface area (Å²) in [7, 11) is 5.46. The number of aromatic nitrogens is 17. The van der Waals surface area contributed by atoms with Crippen LogP contribution in [-0.4, -0.2) is 99.7 Å². The van der Waals surface area contributed by atoms with E-state index in [1.165, 1.54) is 11.5 Å². The van der Waals surface area contributed by atoms with Crippen molar-refractivity contribution in [3.05, 3.63) is 198 Å². The molecule has 0 aliphatic carbocycles. The number of rotatable bonds is 16. The van der Waals surface area contributed by atoms with Gasteiger partial charge in [-0.05, 0) is 62.4 Å². The van der Waals surface area contributed by atoms with Gasteiger partial charge in [-0.2, -0.15) is 19.7 Å². The van der Waals surface area contributed by atoms with Gasteiger partial charge in [0.2, 0.25) is 0 Å². The minimum atomic E-state index is 0.0894. The summed E-state index contributed by atoms with van der Waals surface area (Å²) in [6, 6.07) is 30.7. The van der Waals surface area contributed by atoms with Crippen LogP contribution in [0.25, 0.3) is 66.2 Å². The molecule has 3 aliphatic rings. The van der Waals surface area contributed by atoms with Gasteiger partial charge in [-0.15, -0.1) is 11.3 Å². The molecule has 15 rings (SSSR count). The van der Waals surface area contributed by atoms with Gasteiger partial charge in [0.25, 0.3) is 0 Å². The first kappa shape index (κ1) is 62.0. The summed E-state index contributed by atoms with van der Waals surface area (Å²) in [5.41, 5.74) is 12.1. The number of ketones is 3. The Bertz CT molecular complexity index is 4620. The van der Waals surface area contributed by atoms with Crippen LogP contribution in [0.5, 0.6) is 0 Å². The third-order valence-corrected chi connectivity index (χ3v) is 19.3. The van der Waals surface area contributed by atoms with Crippen molar-refractivity contribution in [3.63, 3.8) is 0 Å². The highest BCUT2D eigenvalue weighted by Gasteiger charge is 2.31. The third-order valence-electron chi connectivity index (χ3n) is 17.6. The van der Waals surface area contributed by atoms with E-state index < -0.39 is 0 Å². The van der Waals surface area contributed by atoms with Crippen LogP contribution in [0.2, 0.25) is 0 Å². The molecule has 12 aromatic rings. The number of aryl methyl sites for hydroxylation is 8. The molecule has 472 valence electrons. The Labute approximate surface area is 547 Å². The van der Waals surface area contributed by atoms with Gasteiger partial charge in [0.15, 0.2) is 17.3 Å². The van der Waals surface area contributed by atoms with Crippen LogP contribution >= 0.6 is 22.9 Å². The van der Waals surface area contributed by atoms with Gasteiger partial charge < -0.3 is 13.7 Å². The molecular formula is C71H73N17O3S2. The Morgan fingerprint density at radius 1 is 0.484 bits per heavy atom. The van der Waals surface area contributed by atoms with E-state index in [-0.39, 0.29) is 41.0 Å². The summed E-state index contributed by atoms with van der Waals surface area (Å²) < 4.78 is 16.1. The third kappa shape index (κ3) is 13.7. The van der Waals surface area contributed by atoms with E-state index in [1.54, 1.807) is 63.4 Å². The highest BCUT2D eigenvalue weighted by Crippen LogP contribution is 2.35. The lowest BCUT2D eigenvalue weighted by atomic mass is 9.91. The fourth-order valence-corrected chi connectivity index (χ4v) is 14.4. The van der Waals surface area contributed by atoms with E-state index >= 15 is 0 Å². The number of fused-ring (bicyclic) bond motifs is 3. The molecule has 20 nitrogen and oxygen atoms in total. The molecule has 0 N–H and O–H groups in total. The van der Waals surface area contributed by atoms with Crippen molar-refractivity contribution in [1.82, 2.24) is 82.3 Å². The van der Waals surface area contributed by atoms with E-state index in [0.29, 0.717) is 42.0 Å². The SMILES string of the molecule is CC(C)c1nsc(-c2cnn(C)c2C(=O)CC2CCn3cc(-c4ccccc4)nc3C2)n1.Cc1cnc(-c2cnn(C)c2C(=O)CC2CCn3cc(-c4ccccc4)nc3C2)s1.Cc1cncc(-c2cnn(C)c2C(=O)CC2CCn3cc(-c4ccccc4)nc3C2)n1. The maximum Gasteiger partial charge on any atom is 0.181 e. The number of imidazole rings is 3. The Morgan fingerprint density at radius 3 is 1.28 bits per heavy atom. The van der Waals surface area contributed by atoms with Crippen LogP contribution in [0.1, 0.15) is 124 Å². The molecule has 3 aromatic carbocycles. The van der Waals surface area contributed by atoms with Gasteiger partial charge in [0.05, 0.1) is 69.9 Å². The minimum Gasteiger partial charge on any atom is -0.334 e. The van der Waals surface area contributed by atoms with Crippen molar-refractivity contribution < 1.29 is 14.4 Å². The van der Waals surface area contributed by atoms with Crippen LogP contribution in [-0.2, 0) is 60.0 Å². The fourth-order valence-electron chi connectivity index (χ4n) is 12.8. The molecule has 22 heteroatoms. The van der Waals surface area contributed by atoms with Crippen LogP contribution in [0.15, 0.2) is 147 Å². The molecule has 0 radical (unpaired) electrons. The molecule has 3 aliphatic heterocycles. The van der Waals surface area contributed by atoms with Gasteiger partial charge in [-0.3, -0.25) is 33.4 Å². The number of benzene rings is 3. The zero-order valence-corrected chi connectivity index (χ0v) is 54.9. The predicted molar refractivity (Wildman–Crippen MR) is 359 cm³/mol. The van der Waals surface area contributed by atoms with Gasteiger partial charge in [-0.25, -0.2) is 29.9 Å². The molecule has 0 fully saturated rings. The molecule has 3 atom stereocenters. The molecule has 0 amide bonds. The molecule has 12 heterocycles. The number of hydrogen-bond acceptors (Lipinski definition) is 16. The van der Waals surface area contributed by atoms with E-state index in [2.05, 4.69) is 122 Å². The lowest BCUT2D eigenvalue weighted by Crippen LogP contribution is -2.22. The van der Waals surface area contributed by atoms with Gasteiger partial charge in [0.1, 0.15) is 50.4 Å². The summed E-state index contributed by atoms with van der Waals surface area (Å²) in [4.78, 5) is 73.4. The van der Waals surface area contributed by atoms with Crippen LogP contribution < -0.4 is 0 Å². The van der Waals surface area contributed by atoms with E-state index in [0.717, 1.165) is 153 Å². The number of hydrogen-bond donors (Lipinski definition) is 0. The van der Waals surface area contributed by atoms with Crippen LogP contribution in [0.4, 0.5) is 0 Å². The normalized spacial score (nSPS) is 15.8. The molecule has 3 unspecified atom stereocenters. The summed E-state index contributed by atoms with van der Waals surface area (Å²) in [5, 5.41) is 14.6. The molecular weight excluding hydrogens is 1200 g/mol. The number of thiazole rings is 1. The average Bonchev–Trinajstić information content (AvgIpc) is 2.04. The quantitative estimate of drug-likeness (QED) is 0.0821. The first-order valence-electron chi connectivity index (χ1n) is 31.7. The van der Waals surface area contributed by atoms with Crippen molar-refractivity contribution in [2.75, 3.05) is 0 Å². The van der Waals surface area contributed by atoms with E-state index in [1.807, 2.05) is 88.7 Å². The first-order chi connectivity index (χ1) is 45.2. The highest BCUT2D eigenvalue weighted by atomic mass is 32.1. The van der Waals surface area contributed by atoms with Crippen LogP contribution in [0.3, 0.4) is 0 Å². The molecule has 9 aromatic heterocycles. The van der Waals surface area contributed by atoms with Crippen molar-refractivity contribution in [2.24, 2.45) is 38.9 Å². The number of Topliss-reactive ketones (excluding diaryl/α,β-unsaturated/α-hetero) is 3. The van der Waals surface area contributed by atoms with E-state index in [9.17, 15) is 14.4 Å². The maximum absolute atomic E-state index is 13.3. The maximum atomic E-state index is 13.3. The molecule has 0 saturated heterocycles. The Hall–Kier alpha value is -9.80. The number of carbonyl (C=O) groups is 3.